The van der Waals surface area contributed by atoms with Crippen LogP contribution in [-0.2, 0) is 5.41 Å². The highest BCUT2D eigenvalue weighted by atomic mass is 35.5. The molecule has 3 nitrogen and oxygen atoms in total. The van der Waals surface area contributed by atoms with Gasteiger partial charge in [0.05, 0.1) is 0 Å². The van der Waals surface area contributed by atoms with Crippen LogP contribution in [0.5, 0.6) is 0 Å². The molecule has 4 heteroatoms. The van der Waals surface area contributed by atoms with E-state index in [1.54, 1.807) is 0 Å². The zero-order chi connectivity index (χ0) is 13.6. The molecule has 1 aromatic rings. The summed E-state index contributed by atoms with van der Waals surface area (Å²) in [6.45, 7) is 8.66. The third-order valence-corrected chi connectivity index (χ3v) is 4.60. The number of halogens is 1. The van der Waals surface area contributed by atoms with E-state index in [1.807, 2.05) is 6.07 Å². The number of anilines is 1. The van der Waals surface area contributed by atoms with Gasteiger partial charge in [-0.3, -0.25) is 0 Å². The predicted molar refractivity (Wildman–Crippen MR) is 78.8 cm³/mol. The second kappa shape index (κ2) is 4.62. The fraction of sp³-hybridized carbons (Fsp3) is 0.733. The lowest BCUT2D eigenvalue weighted by Gasteiger charge is -2.22. The molecule has 3 rings (SSSR count). The summed E-state index contributed by atoms with van der Waals surface area (Å²) in [7, 11) is 0. The Morgan fingerprint density at radius 3 is 2.37 bits per heavy atom. The fourth-order valence-corrected chi connectivity index (χ4v) is 3.50. The molecule has 0 bridgehead atoms. The van der Waals surface area contributed by atoms with Gasteiger partial charge in [0, 0.05) is 24.6 Å². The number of hydrogen-bond acceptors (Lipinski definition) is 3. The van der Waals surface area contributed by atoms with E-state index in [9.17, 15) is 0 Å². The summed E-state index contributed by atoms with van der Waals surface area (Å²) in [5.41, 5.74) is -0.0603. The van der Waals surface area contributed by atoms with Crippen LogP contribution < -0.4 is 4.90 Å². The average Bonchev–Trinajstić information content (AvgIpc) is 2.86. The lowest BCUT2D eigenvalue weighted by molar-refractivity contribution is 0.494. The zero-order valence-corrected chi connectivity index (χ0v) is 12.7. The summed E-state index contributed by atoms with van der Waals surface area (Å²) in [5.74, 6) is 3.59. The van der Waals surface area contributed by atoms with E-state index in [0.717, 1.165) is 36.6 Å². The highest BCUT2D eigenvalue weighted by Crippen LogP contribution is 2.39. The second-order valence-electron chi connectivity index (χ2n) is 6.98. The van der Waals surface area contributed by atoms with Crippen molar-refractivity contribution in [3.05, 3.63) is 17.0 Å². The molecule has 1 saturated carbocycles. The maximum Gasteiger partial charge on any atom is 0.137 e. The van der Waals surface area contributed by atoms with E-state index >= 15 is 0 Å². The number of nitrogens with zero attached hydrogens (tertiary/aromatic N) is 3. The van der Waals surface area contributed by atoms with Gasteiger partial charge >= 0.3 is 0 Å². The van der Waals surface area contributed by atoms with Gasteiger partial charge in [-0.15, -0.1) is 0 Å². The molecule has 2 unspecified atom stereocenters. The van der Waals surface area contributed by atoms with Crippen LogP contribution in [0.25, 0.3) is 0 Å². The highest BCUT2D eigenvalue weighted by Gasteiger charge is 2.37. The molecule has 1 aromatic heterocycles. The van der Waals surface area contributed by atoms with E-state index in [-0.39, 0.29) is 5.41 Å². The van der Waals surface area contributed by atoms with Crippen molar-refractivity contribution in [1.29, 1.82) is 0 Å². The van der Waals surface area contributed by atoms with Crippen LogP contribution in [0.4, 0.5) is 5.82 Å². The van der Waals surface area contributed by atoms with Gasteiger partial charge in [0.1, 0.15) is 16.8 Å². The van der Waals surface area contributed by atoms with Gasteiger partial charge in [0.15, 0.2) is 0 Å². The lowest BCUT2D eigenvalue weighted by Crippen LogP contribution is -2.24. The van der Waals surface area contributed by atoms with Crippen molar-refractivity contribution in [2.75, 3.05) is 18.0 Å². The van der Waals surface area contributed by atoms with Gasteiger partial charge in [0.2, 0.25) is 0 Å². The molecule has 2 atom stereocenters. The van der Waals surface area contributed by atoms with Gasteiger partial charge in [0.25, 0.3) is 0 Å². The molecule has 0 aromatic carbocycles. The summed E-state index contributed by atoms with van der Waals surface area (Å²) < 4.78 is 0. The third kappa shape index (κ3) is 2.58. The fourth-order valence-electron chi connectivity index (χ4n) is 3.33. The Labute approximate surface area is 120 Å². The summed E-state index contributed by atoms with van der Waals surface area (Å²) in [6.07, 6.45) is 4.17. The number of rotatable bonds is 1. The molecule has 2 fully saturated rings. The molecule has 1 saturated heterocycles. The van der Waals surface area contributed by atoms with Crippen molar-refractivity contribution in [1.82, 2.24) is 9.97 Å². The van der Waals surface area contributed by atoms with Crippen LogP contribution >= 0.6 is 11.6 Å². The number of aromatic nitrogens is 2. The molecule has 19 heavy (non-hydrogen) atoms. The lowest BCUT2D eigenvalue weighted by atomic mass is 9.96. The van der Waals surface area contributed by atoms with Crippen molar-refractivity contribution in [2.45, 2.75) is 45.4 Å². The van der Waals surface area contributed by atoms with E-state index in [4.69, 9.17) is 16.6 Å². The van der Waals surface area contributed by atoms with Crippen molar-refractivity contribution >= 4 is 17.4 Å². The molecule has 2 aliphatic rings. The Kier molecular flexibility index (Phi) is 3.20. The van der Waals surface area contributed by atoms with E-state index < -0.39 is 0 Å². The molecule has 104 valence electrons. The zero-order valence-electron chi connectivity index (χ0n) is 12.0. The van der Waals surface area contributed by atoms with Gasteiger partial charge in [-0.25, -0.2) is 9.97 Å². The third-order valence-electron chi connectivity index (χ3n) is 4.40. The average molecular weight is 280 g/mol. The van der Waals surface area contributed by atoms with Gasteiger partial charge in [-0.2, -0.15) is 0 Å². The summed E-state index contributed by atoms with van der Waals surface area (Å²) in [5, 5.41) is 0.562. The molecule has 2 heterocycles. The smallest absolute Gasteiger partial charge is 0.137 e. The Bertz CT molecular complexity index is 469. The maximum atomic E-state index is 6.18. The minimum Gasteiger partial charge on any atom is -0.356 e. The Morgan fingerprint density at radius 2 is 1.79 bits per heavy atom. The van der Waals surface area contributed by atoms with Gasteiger partial charge in [-0.1, -0.05) is 38.8 Å². The second-order valence-corrected chi connectivity index (χ2v) is 7.37. The Hall–Kier alpha value is -0.830. The van der Waals surface area contributed by atoms with E-state index in [2.05, 4.69) is 30.7 Å². The number of hydrogen-bond donors (Lipinski definition) is 0. The van der Waals surface area contributed by atoms with Gasteiger partial charge < -0.3 is 4.90 Å². The van der Waals surface area contributed by atoms with Crippen LogP contribution in [0.15, 0.2) is 6.07 Å². The minimum absolute atomic E-state index is 0.0603. The SMILES string of the molecule is CC(C)(C)c1nc(Cl)cc(N2CC3CCCC3C2)n1. The standard InChI is InChI=1S/C15H22ClN3/c1-15(2,3)14-17-12(16)7-13(18-14)19-8-10-5-4-6-11(10)9-19/h7,10-11H,4-6,8-9H2,1-3H3. The van der Waals surface area contributed by atoms with Crippen LogP contribution in [-0.4, -0.2) is 23.1 Å². The molecule has 1 aliphatic carbocycles. The van der Waals surface area contributed by atoms with Crippen molar-refractivity contribution in [2.24, 2.45) is 11.8 Å². The summed E-state index contributed by atoms with van der Waals surface area (Å²) in [6, 6.07) is 1.91. The van der Waals surface area contributed by atoms with Crippen molar-refractivity contribution in [3.63, 3.8) is 0 Å². The monoisotopic (exact) mass is 279 g/mol. The van der Waals surface area contributed by atoms with Crippen LogP contribution in [0, 0.1) is 11.8 Å². The predicted octanol–water partition coefficient (Wildman–Crippen LogP) is 3.66. The van der Waals surface area contributed by atoms with Crippen molar-refractivity contribution in [3.8, 4) is 0 Å². The Morgan fingerprint density at radius 1 is 1.16 bits per heavy atom. The minimum atomic E-state index is -0.0603. The van der Waals surface area contributed by atoms with Crippen molar-refractivity contribution < 1.29 is 0 Å². The molecule has 0 N–H and O–H groups in total. The number of fused-ring (bicyclic) bond motifs is 1. The first-order chi connectivity index (χ1) is 8.93. The first-order valence-electron chi connectivity index (χ1n) is 7.23. The normalized spacial score (nSPS) is 26.8. The molecular formula is C15H22ClN3. The largest absolute Gasteiger partial charge is 0.356 e. The van der Waals surface area contributed by atoms with E-state index in [0.29, 0.717) is 5.15 Å². The topological polar surface area (TPSA) is 29.0 Å². The van der Waals surface area contributed by atoms with Crippen LogP contribution in [0.3, 0.4) is 0 Å². The molecule has 0 spiro atoms. The van der Waals surface area contributed by atoms with Crippen LogP contribution in [0.1, 0.15) is 45.9 Å². The Balaban J connectivity index is 1.87. The molecule has 0 amide bonds. The summed E-state index contributed by atoms with van der Waals surface area (Å²) in [4.78, 5) is 11.5. The van der Waals surface area contributed by atoms with E-state index in [1.165, 1.54) is 19.3 Å². The van der Waals surface area contributed by atoms with Gasteiger partial charge in [-0.05, 0) is 24.7 Å². The first kappa shape index (κ1) is 13.2. The summed E-state index contributed by atoms with van der Waals surface area (Å²) >= 11 is 6.18. The highest BCUT2D eigenvalue weighted by molar-refractivity contribution is 6.29. The van der Waals surface area contributed by atoms with Crippen LogP contribution in [0.2, 0.25) is 5.15 Å². The maximum absolute atomic E-state index is 6.18. The molecule has 0 radical (unpaired) electrons. The first-order valence-corrected chi connectivity index (χ1v) is 7.61. The molecule has 1 aliphatic heterocycles. The quantitative estimate of drug-likeness (QED) is 0.735. The molecular weight excluding hydrogens is 258 g/mol.